The number of nitrogens with two attached hydrogens (primary N) is 1. The Hall–Kier alpha value is -2.22. The van der Waals surface area contributed by atoms with Crippen LogP contribution in [0.25, 0.3) is 27.6 Å². The molecular weight excluding hydrogens is 198 g/mol. The van der Waals surface area contributed by atoms with E-state index in [0.29, 0.717) is 5.70 Å². The van der Waals surface area contributed by atoms with E-state index in [1.54, 1.807) is 0 Å². The van der Waals surface area contributed by atoms with E-state index in [0.717, 1.165) is 27.5 Å². The second-order valence-electron chi connectivity index (χ2n) is 3.81. The normalized spacial score (nSPS) is 11.0. The molecular formula is C14H11NO. The summed E-state index contributed by atoms with van der Waals surface area (Å²) < 4.78 is 5.80. The highest BCUT2D eigenvalue weighted by Crippen LogP contribution is 2.31. The van der Waals surface area contributed by atoms with Crippen LogP contribution < -0.4 is 5.73 Å². The zero-order valence-electron chi connectivity index (χ0n) is 8.73. The molecule has 3 aromatic rings. The highest BCUT2D eigenvalue weighted by molar-refractivity contribution is 6.07. The van der Waals surface area contributed by atoms with Crippen molar-refractivity contribution in [1.29, 1.82) is 0 Å². The van der Waals surface area contributed by atoms with Gasteiger partial charge in [0, 0.05) is 22.0 Å². The Kier molecular flexibility index (Phi) is 1.77. The molecule has 0 spiro atoms. The molecule has 1 aromatic heterocycles. The van der Waals surface area contributed by atoms with Crippen molar-refractivity contribution in [3.63, 3.8) is 0 Å². The summed E-state index contributed by atoms with van der Waals surface area (Å²) in [5.74, 6) is 0. The van der Waals surface area contributed by atoms with Gasteiger partial charge in [0.05, 0.1) is 0 Å². The fourth-order valence-electron chi connectivity index (χ4n) is 2.00. The third-order valence-electron chi connectivity index (χ3n) is 2.75. The lowest BCUT2D eigenvalue weighted by atomic mass is 10.1. The summed E-state index contributed by atoms with van der Waals surface area (Å²) >= 11 is 0. The minimum atomic E-state index is 0.532. The van der Waals surface area contributed by atoms with E-state index in [9.17, 15) is 0 Å². The van der Waals surface area contributed by atoms with E-state index < -0.39 is 0 Å². The Morgan fingerprint density at radius 3 is 2.56 bits per heavy atom. The Labute approximate surface area is 93.0 Å². The lowest BCUT2D eigenvalue weighted by Crippen LogP contribution is -1.93. The predicted molar refractivity (Wildman–Crippen MR) is 66.9 cm³/mol. The highest BCUT2D eigenvalue weighted by Gasteiger charge is 2.10. The van der Waals surface area contributed by atoms with Crippen molar-refractivity contribution >= 4 is 27.6 Å². The van der Waals surface area contributed by atoms with E-state index in [-0.39, 0.29) is 0 Å². The maximum absolute atomic E-state index is 5.80. The van der Waals surface area contributed by atoms with Crippen molar-refractivity contribution in [3.8, 4) is 0 Å². The van der Waals surface area contributed by atoms with Gasteiger partial charge in [0.25, 0.3) is 0 Å². The second-order valence-corrected chi connectivity index (χ2v) is 3.81. The third-order valence-corrected chi connectivity index (χ3v) is 2.75. The van der Waals surface area contributed by atoms with Crippen LogP contribution in [0.1, 0.15) is 5.56 Å². The third kappa shape index (κ3) is 1.13. The van der Waals surface area contributed by atoms with Crippen LogP contribution in [0, 0.1) is 0 Å². The van der Waals surface area contributed by atoms with Crippen LogP contribution in [0.4, 0.5) is 0 Å². The van der Waals surface area contributed by atoms with E-state index >= 15 is 0 Å². The van der Waals surface area contributed by atoms with Gasteiger partial charge in [-0.05, 0) is 12.1 Å². The summed E-state index contributed by atoms with van der Waals surface area (Å²) in [5.41, 5.74) is 8.85. The quantitative estimate of drug-likeness (QED) is 0.666. The Morgan fingerprint density at radius 1 is 1.00 bits per heavy atom. The molecule has 0 saturated heterocycles. The lowest BCUT2D eigenvalue weighted by molar-refractivity contribution is 0.667. The van der Waals surface area contributed by atoms with Gasteiger partial charge in [0.15, 0.2) is 0 Å². The van der Waals surface area contributed by atoms with Crippen molar-refractivity contribution < 1.29 is 4.42 Å². The molecule has 2 nitrogen and oxygen atoms in total. The standard InChI is InChI=1S/C14H11NO/c1-9(15)10-6-4-7-12-11-5-2-3-8-13(11)16-14(10)12/h2-8H,1,15H2. The first kappa shape index (κ1) is 9.04. The summed E-state index contributed by atoms with van der Waals surface area (Å²) in [4.78, 5) is 0. The van der Waals surface area contributed by atoms with Crippen LogP contribution in [0.15, 0.2) is 53.5 Å². The molecule has 2 N–H and O–H groups in total. The van der Waals surface area contributed by atoms with Crippen LogP contribution in [0.3, 0.4) is 0 Å². The monoisotopic (exact) mass is 209 g/mol. The molecule has 16 heavy (non-hydrogen) atoms. The van der Waals surface area contributed by atoms with Crippen LogP contribution in [-0.2, 0) is 0 Å². The van der Waals surface area contributed by atoms with E-state index in [2.05, 4.69) is 6.58 Å². The van der Waals surface area contributed by atoms with Gasteiger partial charge in [-0.15, -0.1) is 0 Å². The molecule has 0 aliphatic rings. The number of para-hydroxylation sites is 2. The topological polar surface area (TPSA) is 39.2 Å². The van der Waals surface area contributed by atoms with Gasteiger partial charge in [0.1, 0.15) is 11.2 Å². The molecule has 0 saturated carbocycles. The number of rotatable bonds is 1. The molecule has 0 aliphatic carbocycles. The lowest BCUT2D eigenvalue weighted by Gasteiger charge is -1.99. The largest absolute Gasteiger partial charge is 0.455 e. The maximum Gasteiger partial charge on any atom is 0.144 e. The first-order valence-electron chi connectivity index (χ1n) is 5.12. The number of benzene rings is 2. The fourth-order valence-corrected chi connectivity index (χ4v) is 2.00. The highest BCUT2D eigenvalue weighted by atomic mass is 16.3. The minimum Gasteiger partial charge on any atom is -0.455 e. The Balaban J connectivity index is 2.54. The Morgan fingerprint density at radius 2 is 1.75 bits per heavy atom. The molecule has 3 rings (SSSR count). The van der Waals surface area contributed by atoms with Crippen LogP contribution >= 0.6 is 0 Å². The second kappa shape index (κ2) is 3.14. The molecule has 0 unspecified atom stereocenters. The van der Waals surface area contributed by atoms with Gasteiger partial charge in [-0.2, -0.15) is 0 Å². The molecule has 0 radical (unpaired) electrons. The average molecular weight is 209 g/mol. The molecule has 0 atom stereocenters. The van der Waals surface area contributed by atoms with Crippen LogP contribution in [0.5, 0.6) is 0 Å². The summed E-state index contributed by atoms with van der Waals surface area (Å²) in [6.07, 6.45) is 0. The van der Waals surface area contributed by atoms with Crippen molar-refractivity contribution in [2.45, 2.75) is 0 Å². The van der Waals surface area contributed by atoms with Crippen LogP contribution in [-0.4, -0.2) is 0 Å². The van der Waals surface area contributed by atoms with Crippen molar-refractivity contribution in [3.05, 3.63) is 54.6 Å². The van der Waals surface area contributed by atoms with Gasteiger partial charge in [0.2, 0.25) is 0 Å². The van der Waals surface area contributed by atoms with Gasteiger partial charge in [-0.3, -0.25) is 0 Å². The summed E-state index contributed by atoms with van der Waals surface area (Å²) in [5, 5.41) is 2.19. The minimum absolute atomic E-state index is 0.532. The molecule has 0 aliphatic heterocycles. The molecule has 2 aromatic carbocycles. The number of hydrogen-bond donors (Lipinski definition) is 1. The molecule has 0 fully saturated rings. The van der Waals surface area contributed by atoms with Gasteiger partial charge >= 0.3 is 0 Å². The summed E-state index contributed by atoms with van der Waals surface area (Å²) in [6, 6.07) is 13.9. The smallest absolute Gasteiger partial charge is 0.144 e. The number of hydrogen-bond acceptors (Lipinski definition) is 2. The zero-order valence-corrected chi connectivity index (χ0v) is 8.73. The maximum atomic E-state index is 5.80. The number of furan rings is 1. The van der Waals surface area contributed by atoms with Gasteiger partial charge < -0.3 is 10.2 Å². The fraction of sp³-hybridized carbons (Fsp3) is 0. The van der Waals surface area contributed by atoms with Crippen molar-refractivity contribution in [2.24, 2.45) is 5.73 Å². The summed E-state index contributed by atoms with van der Waals surface area (Å²) in [6.45, 7) is 3.76. The van der Waals surface area contributed by atoms with Crippen molar-refractivity contribution in [2.75, 3.05) is 0 Å². The average Bonchev–Trinajstić information content (AvgIpc) is 2.67. The predicted octanol–water partition coefficient (Wildman–Crippen LogP) is 3.52. The zero-order chi connectivity index (χ0) is 11.1. The van der Waals surface area contributed by atoms with Gasteiger partial charge in [-0.1, -0.05) is 36.9 Å². The summed E-state index contributed by atoms with van der Waals surface area (Å²) in [7, 11) is 0. The van der Waals surface area contributed by atoms with E-state index in [1.165, 1.54) is 0 Å². The molecule has 0 amide bonds. The van der Waals surface area contributed by atoms with E-state index in [4.69, 9.17) is 10.2 Å². The molecule has 2 heteroatoms. The van der Waals surface area contributed by atoms with Crippen molar-refractivity contribution in [1.82, 2.24) is 0 Å². The molecule has 1 heterocycles. The van der Waals surface area contributed by atoms with Gasteiger partial charge in [-0.25, -0.2) is 0 Å². The first-order chi connectivity index (χ1) is 7.77. The van der Waals surface area contributed by atoms with Crippen LogP contribution in [0.2, 0.25) is 0 Å². The SMILES string of the molecule is C=C(N)c1cccc2c1oc1ccccc12. The Bertz CT molecular complexity index is 694. The van der Waals surface area contributed by atoms with E-state index in [1.807, 2.05) is 42.5 Å². The molecule has 78 valence electrons. The molecule has 0 bridgehead atoms. The number of fused-ring (bicyclic) bond motifs is 3. The first-order valence-corrected chi connectivity index (χ1v) is 5.12.